The molecule has 6 heteroatoms. The van der Waals surface area contributed by atoms with Crippen LogP contribution in [0.1, 0.15) is 156 Å². The Morgan fingerprint density at radius 2 is 0.620 bits per heavy atom. The zero-order valence-corrected chi connectivity index (χ0v) is 32.2. The lowest BCUT2D eigenvalue weighted by Gasteiger charge is -2.09. The van der Waals surface area contributed by atoms with Crippen LogP contribution in [0.15, 0.2) is 48.5 Å². The van der Waals surface area contributed by atoms with Gasteiger partial charge >= 0.3 is 11.9 Å². The van der Waals surface area contributed by atoms with Crippen molar-refractivity contribution in [2.24, 2.45) is 11.8 Å². The van der Waals surface area contributed by atoms with E-state index >= 15 is 0 Å². The van der Waals surface area contributed by atoms with Gasteiger partial charge < -0.3 is 18.9 Å². The van der Waals surface area contributed by atoms with Gasteiger partial charge in [-0.2, -0.15) is 0 Å². The van der Waals surface area contributed by atoms with E-state index in [2.05, 4.69) is 48.5 Å². The number of hydrogen-bond acceptors (Lipinski definition) is 6. The van der Waals surface area contributed by atoms with Crippen LogP contribution in [0.3, 0.4) is 0 Å². The molecular formula is C44H70O6. The average molecular weight is 695 g/mol. The molecule has 0 saturated carbocycles. The number of carbonyl (C=O) groups is 2. The number of carbonyl (C=O) groups excluding carboxylic acids is 2. The highest BCUT2D eigenvalue weighted by atomic mass is 16.5. The van der Waals surface area contributed by atoms with E-state index < -0.39 is 0 Å². The molecule has 0 fully saturated rings. The Labute approximate surface area is 305 Å². The number of rotatable bonds is 31. The molecule has 2 rings (SSSR count). The number of benzene rings is 2. The lowest BCUT2D eigenvalue weighted by molar-refractivity contribution is -0.148. The molecule has 0 bridgehead atoms. The number of hydrogen-bond donors (Lipinski definition) is 0. The lowest BCUT2D eigenvalue weighted by Crippen LogP contribution is -2.12. The highest BCUT2D eigenvalue weighted by Crippen LogP contribution is 2.25. The summed E-state index contributed by atoms with van der Waals surface area (Å²) in [6.45, 7) is 10.2. The number of unbranched alkanes of at least 4 members (excludes halogenated alkanes) is 18. The molecule has 0 spiro atoms. The molecule has 0 aliphatic heterocycles. The van der Waals surface area contributed by atoms with Gasteiger partial charge in [-0.25, -0.2) is 0 Å². The smallest absolute Gasteiger partial charge is 0.308 e. The van der Waals surface area contributed by atoms with E-state index in [0.29, 0.717) is 13.2 Å². The van der Waals surface area contributed by atoms with Crippen molar-refractivity contribution in [3.05, 3.63) is 48.5 Å². The molecule has 0 heterocycles. The maximum atomic E-state index is 11.4. The standard InChI is InChI=1S/C44H70O6/c1-37(2)43(45)49-35-23-19-15-11-7-5-9-13-17-21-33-47-41-29-25-39(26-30-41)40-27-31-42(32-28-40)48-34-22-18-14-10-6-8-12-16-20-24-36-50-44(46)38(3)4/h25-32,37-38H,5-24,33-36H2,1-4H3. The topological polar surface area (TPSA) is 71.1 Å². The predicted octanol–water partition coefficient (Wildman–Crippen LogP) is 12.3. The van der Waals surface area contributed by atoms with Gasteiger partial charge in [0.1, 0.15) is 11.5 Å². The first kappa shape index (κ1) is 43.1. The molecule has 0 radical (unpaired) electrons. The third kappa shape index (κ3) is 21.9. The molecule has 6 nitrogen and oxygen atoms in total. The van der Waals surface area contributed by atoms with Crippen LogP contribution >= 0.6 is 0 Å². The van der Waals surface area contributed by atoms with Gasteiger partial charge in [0.2, 0.25) is 0 Å². The van der Waals surface area contributed by atoms with Crippen LogP contribution in [0.5, 0.6) is 11.5 Å². The molecule has 50 heavy (non-hydrogen) atoms. The van der Waals surface area contributed by atoms with Gasteiger partial charge in [-0.05, 0) is 61.1 Å². The summed E-state index contributed by atoms with van der Waals surface area (Å²) in [5, 5.41) is 0. The van der Waals surface area contributed by atoms with Gasteiger partial charge in [0.05, 0.1) is 38.3 Å². The van der Waals surface area contributed by atoms with Crippen LogP contribution in [-0.4, -0.2) is 38.4 Å². The number of esters is 2. The first-order chi connectivity index (χ1) is 24.4. The van der Waals surface area contributed by atoms with Gasteiger partial charge in [0, 0.05) is 0 Å². The van der Waals surface area contributed by atoms with E-state index in [-0.39, 0.29) is 23.8 Å². The maximum absolute atomic E-state index is 11.4. The summed E-state index contributed by atoms with van der Waals surface area (Å²) in [5.74, 6) is 1.65. The van der Waals surface area contributed by atoms with E-state index in [0.717, 1.165) is 63.2 Å². The summed E-state index contributed by atoms with van der Waals surface area (Å²) in [6.07, 6.45) is 24.3. The van der Waals surface area contributed by atoms with Crippen molar-refractivity contribution in [2.45, 2.75) is 156 Å². The molecule has 0 unspecified atom stereocenters. The van der Waals surface area contributed by atoms with Gasteiger partial charge in [0.15, 0.2) is 0 Å². The quantitative estimate of drug-likeness (QED) is 0.0578. The molecule has 2 aromatic carbocycles. The maximum Gasteiger partial charge on any atom is 0.308 e. The predicted molar refractivity (Wildman–Crippen MR) is 207 cm³/mol. The number of ether oxygens (including phenoxy) is 4. The zero-order chi connectivity index (χ0) is 36.1. The third-order valence-electron chi connectivity index (χ3n) is 9.09. The summed E-state index contributed by atoms with van der Waals surface area (Å²) in [6, 6.07) is 16.8. The van der Waals surface area contributed by atoms with E-state index in [1.165, 1.54) is 101 Å². The minimum Gasteiger partial charge on any atom is -0.494 e. The van der Waals surface area contributed by atoms with Crippen molar-refractivity contribution >= 4 is 11.9 Å². The molecule has 2 aromatic rings. The second-order valence-electron chi connectivity index (χ2n) is 14.5. The van der Waals surface area contributed by atoms with Crippen LogP contribution in [0.25, 0.3) is 11.1 Å². The molecule has 0 N–H and O–H groups in total. The Hall–Kier alpha value is -3.02. The van der Waals surface area contributed by atoms with Crippen molar-refractivity contribution in [3.63, 3.8) is 0 Å². The van der Waals surface area contributed by atoms with Gasteiger partial charge in [-0.15, -0.1) is 0 Å². The van der Waals surface area contributed by atoms with Crippen LogP contribution in [-0.2, 0) is 19.1 Å². The molecular weight excluding hydrogens is 624 g/mol. The zero-order valence-electron chi connectivity index (χ0n) is 32.2. The molecule has 0 aliphatic rings. The monoisotopic (exact) mass is 695 g/mol. The third-order valence-corrected chi connectivity index (χ3v) is 9.09. The molecule has 282 valence electrons. The summed E-state index contributed by atoms with van der Waals surface area (Å²) >= 11 is 0. The van der Waals surface area contributed by atoms with E-state index in [1.807, 2.05) is 27.7 Å². The summed E-state index contributed by atoms with van der Waals surface area (Å²) in [7, 11) is 0. The van der Waals surface area contributed by atoms with Crippen LogP contribution in [0.2, 0.25) is 0 Å². The van der Waals surface area contributed by atoms with Crippen LogP contribution in [0, 0.1) is 11.8 Å². The molecule has 0 atom stereocenters. The Bertz CT molecular complexity index is 1020. The van der Waals surface area contributed by atoms with E-state index in [9.17, 15) is 9.59 Å². The average Bonchev–Trinajstić information content (AvgIpc) is 3.12. The Morgan fingerprint density at radius 3 is 0.880 bits per heavy atom. The van der Waals surface area contributed by atoms with Gasteiger partial charge in [-0.1, -0.05) is 155 Å². The largest absolute Gasteiger partial charge is 0.494 e. The summed E-state index contributed by atoms with van der Waals surface area (Å²) < 4.78 is 22.5. The second-order valence-corrected chi connectivity index (χ2v) is 14.5. The fourth-order valence-corrected chi connectivity index (χ4v) is 5.78. The van der Waals surface area contributed by atoms with Crippen molar-refractivity contribution < 1.29 is 28.5 Å². The second kappa shape index (κ2) is 28.7. The molecule has 0 aliphatic carbocycles. The van der Waals surface area contributed by atoms with Gasteiger partial charge in [0.25, 0.3) is 0 Å². The van der Waals surface area contributed by atoms with Crippen LogP contribution < -0.4 is 9.47 Å². The molecule has 0 amide bonds. The van der Waals surface area contributed by atoms with Crippen molar-refractivity contribution in [1.29, 1.82) is 0 Å². The lowest BCUT2D eigenvalue weighted by atomic mass is 10.1. The minimum atomic E-state index is -0.0828. The van der Waals surface area contributed by atoms with Gasteiger partial charge in [-0.3, -0.25) is 9.59 Å². The first-order valence-electron chi connectivity index (χ1n) is 20.2. The normalized spacial score (nSPS) is 11.2. The van der Waals surface area contributed by atoms with Crippen molar-refractivity contribution in [1.82, 2.24) is 0 Å². The fourth-order valence-electron chi connectivity index (χ4n) is 5.78. The Balaban J connectivity index is 1.40. The SMILES string of the molecule is CC(C)C(=O)OCCCCCCCCCCCCOc1ccc(-c2ccc(OCCCCCCCCCCCCOC(=O)C(C)C)cc2)cc1. The van der Waals surface area contributed by atoms with E-state index in [1.54, 1.807) is 0 Å². The van der Waals surface area contributed by atoms with Crippen LogP contribution in [0.4, 0.5) is 0 Å². The van der Waals surface area contributed by atoms with E-state index in [4.69, 9.17) is 18.9 Å². The highest BCUT2D eigenvalue weighted by Gasteiger charge is 2.08. The summed E-state index contributed by atoms with van der Waals surface area (Å²) in [5.41, 5.74) is 2.37. The molecule has 0 saturated heterocycles. The fraction of sp³-hybridized carbons (Fsp3) is 0.682. The van der Waals surface area contributed by atoms with Crippen molar-refractivity contribution in [3.8, 4) is 22.6 Å². The first-order valence-corrected chi connectivity index (χ1v) is 20.2. The summed E-state index contributed by atoms with van der Waals surface area (Å²) in [4.78, 5) is 22.9. The minimum absolute atomic E-state index is 0.0267. The Kier molecular flexibility index (Phi) is 24.7. The Morgan fingerprint density at radius 1 is 0.380 bits per heavy atom. The van der Waals surface area contributed by atoms with Crippen molar-refractivity contribution in [2.75, 3.05) is 26.4 Å². The molecule has 0 aromatic heterocycles. The highest BCUT2D eigenvalue weighted by molar-refractivity contribution is 5.71.